The van der Waals surface area contributed by atoms with E-state index in [0.29, 0.717) is 11.5 Å². The number of carboxylic acids is 1. The molecule has 1 N–H and O–H groups in total. The number of aliphatic carboxylic acids is 1. The molecule has 0 atom stereocenters. The van der Waals surface area contributed by atoms with E-state index in [9.17, 15) is 9.59 Å². The van der Waals surface area contributed by atoms with Crippen molar-refractivity contribution in [1.29, 1.82) is 0 Å². The first-order valence-electron chi connectivity index (χ1n) is 9.31. The van der Waals surface area contributed by atoms with Gasteiger partial charge in [0.2, 0.25) is 0 Å². The fourth-order valence-electron chi connectivity index (χ4n) is 2.94. The van der Waals surface area contributed by atoms with Crippen LogP contribution in [0.5, 0.6) is 5.75 Å². The van der Waals surface area contributed by atoms with Gasteiger partial charge in [0.05, 0.1) is 30.8 Å². The number of rotatable bonds is 7. The molecule has 10 heteroatoms. The van der Waals surface area contributed by atoms with Crippen LogP contribution in [0.15, 0.2) is 66.0 Å². The summed E-state index contributed by atoms with van der Waals surface area (Å²) in [7, 11) is 1.82. The van der Waals surface area contributed by atoms with Crippen LogP contribution < -0.4 is 10.3 Å². The van der Waals surface area contributed by atoms with Crippen molar-refractivity contribution in [2.24, 2.45) is 7.05 Å². The van der Waals surface area contributed by atoms with Crippen LogP contribution in [0.25, 0.3) is 22.6 Å². The zero-order chi connectivity index (χ0) is 21.8. The first-order valence-corrected chi connectivity index (χ1v) is 9.31. The van der Waals surface area contributed by atoms with Gasteiger partial charge in [-0.25, -0.2) is 19.4 Å². The molecule has 0 fully saturated rings. The Hall–Kier alpha value is -4.34. The lowest BCUT2D eigenvalue weighted by molar-refractivity contribution is -0.139. The lowest BCUT2D eigenvalue weighted by Gasteiger charge is -2.08. The van der Waals surface area contributed by atoms with Gasteiger partial charge in [-0.2, -0.15) is 10.2 Å². The molecule has 0 amide bonds. The summed E-state index contributed by atoms with van der Waals surface area (Å²) >= 11 is 0. The van der Waals surface area contributed by atoms with Gasteiger partial charge < -0.3 is 9.84 Å². The highest BCUT2D eigenvalue weighted by atomic mass is 16.5. The van der Waals surface area contributed by atoms with E-state index in [-0.39, 0.29) is 17.9 Å². The third-order valence-electron chi connectivity index (χ3n) is 4.38. The van der Waals surface area contributed by atoms with Gasteiger partial charge in [-0.15, -0.1) is 0 Å². The quantitative estimate of drug-likeness (QED) is 0.480. The van der Waals surface area contributed by atoms with Crippen LogP contribution in [0.4, 0.5) is 0 Å². The lowest BCUT2D eigenvalue weighted by atomic mass is 10.1. The number of aromatic nitrogens is 6. The van der Waals surface area contributed by atoms with Crippen LogP contribution in [0.1, 0.15) is 5.56 Å². The Kier molecular flexibility index (Phi) is 5.52. The molecule has 4 rings (SSSR count). The van der Waals surface area contributed by atoms with Gasteiger partial charge in [0.1, 0.15) is 0 Å². The highest BCUT2D eigenvalue weighted by molar-refractivity contribution is 5.68. The Labute approximate surface area is 176 Å². The van der Waals surface area contributed by atoms with Crippen molar-refractivity contribution < 1.29 is 14.6 Å². The number of carboxylic acid groups (broad SMARTS) is 1. The molecule has 0 aliphatic heterocycles. The molecule has 3 aromatic heterocycles. The summed E-state index contributed by atoms with van der Waals surface area (Å²) < 4.78 is 8.12. The molecule has 1 aromatic carbocycles. The molecular weight excluding hydrogens is 400 g/mol. The largest absolute Gasteiger partial charge is 0.479 e. The number of nitrogens with zero attached hydrogens (tertiary/aromatic N) is 6. The number of hydrogen-bond acceptors (Lipinski definition) is 7. The third kappa shape index (κ3) is 4.81. The summed E-state index contributed by atoms with van der Waals surface area (Å²) in [4.78, 5) is 31.3. The molecule has 0 saturated heterocycles. The van der Waals surface area contributed by atoms with Gasteiger partial charge >= 0.3 is 5.97 Å². The molecular formula is C21H18N6O4. The fraction of sp³-hybridized carbons (Fsp3) is 0.143. The predicted octanol–water partition coefficient (Wildman–Crippen LogP) is 1.61. The minimum absolute atomic E-state index is 0.214. The van der Waals surface area contributed by atoms with Gasteiger partial charge in [0, 0.05) is 30.4 Å². The summed E-state index contributed by atoms with van der Waals surface area (Å²) in [6, 6.07) is 10.6. The van der Waals surface area contributed by atoms with Crippen molar-refractivity contribution in [1.82, 2.24) is 29.5 Å². The molecule has 0 unspecified atom stereocenters. The Morgan fingerprint density at radius 1 is 1.10 bits per heavy atom. The zero-order valence-corrected chi connectivity index (χ0v) is 16.5. The van der Waals surface area contributed by atoms with Crippen LogP contribution in [-0.4, -0.2) is 47.2 Å². The predicted molar refractivity (Wildman–Crippen MR) is 110 cm³/mol. The van der Waals surface area contributed by atoms with E-state index in [2.05, 4.69) is 20.2 Å². The summed E-state index contributed by atoms with van der Waals surface area (Å²) in [5.41, 5.74) is 2.87. The molecule has 0 radical (unpaired) electrons. The molecule has 4 aromatic rings. The number of hydrogen-bond donors (Lipinski definition) is 1. The second kappa shape index (κ2) is 8.57. The van der Waals surface area contributed by atoms with Crippen LogP contribution in [0.3, 0.4) is 0 Å². The monoisotopic (exact) mass is 418 g/mol. The van der Waals surface area contributed by atoms with Crippen molar-refractivity contribution in [3.8, 4) is 28.4 Å². The standard InChI is InChI=1S/C21H18N6O4/c1-26-12-16(8-24-26)18-5-6-19(28)27(25-18)11-14-3-2-4-15(7-14)21-22-9-17(10-23-21)31-13-20(29)30/h2-10,12H,11,13H2,1H3,(H,29,30). The van der Waals surface area contributed by atoms with Crippen molar-refractivity contribution in [3.63, 3.8) is 0 Å². The highest BCUT2D eigenvalue weighted by Gasteiger charge is 2.08. The van der Waals surface area contributed by atoms with Crippen LogP contribution >= 0.6 is 0 Å². The molecule has 156 valence electrons. The van der Waals surface area contributed by atoms with E-state index in [4.69, 9.17) is 9.84 Å². The molecule has 0 spiro atoms. The smallest absolute Gasteiger partial charge is 0.341 e. The van der Waals surface area contributed by atoms with E-state index in [0.717, 1.165) is 16.7 Å². The minimum Gasteiger partial charge on any atom is -0.479 e. The average molecular weight is 418 g/mol. The maximum atomic E-state index is 12.3. The van der Waals surface area contributed by atoms with E-state index in [1.807, 2.05) is 37.5 Å². The van der Waals surface area contributed by atoms with Gasteiger partial charge in [0.15, 0.2) is 18.2 Å². The van der Waals surface area contributed by atoms with Crippen molar-refractivity contribution in [2.45, 2.75) is 6.54 Å². The van der Waals surface area contributed by atoms with Gasteiger partial charge in [-0.3, -0.25) is 9.48 Å². The van der Waals surface area contributed by atoms with Gasteiger partial charge in [-0.05, 0) is 17.7 Å². The van der Waals surface area contributed by atoms with Gasteiger partial charge in [0.25, 0.3) is 5.56 Å². The zero-order valence-electron chi connectivity index (χ0n) is 16.5. The third-order valence-corrected chi connectivity index (χ3v) is 4.38. The normalized spacial score (nSPS) is 10.7. The fourth-order valence-corrected chi connectivity index (χ4v) is 2.94. The summed E-state index contributed by atoms with van der Waals surface area (Å²) in [6.45, 7) is -0.182. The lowest BCUT2D eigenvalue weighted by Crippen LogP contribution is -2.22. The first kappa shape index (κ1) is 20.0. The van der Waals surface area contributed by atoms with Crippen molar-refractivity contribution >= 4 is 5.97 Å². The maximum absolute atomic E-state index is 12.3. The number of carbonyl (C=O) groups is 1. The summed E-state index contributed by atoms with van der Waals surface area (Å²) in [5.74, 6) is -0.354. The number of aryl methyl sites for hydroxylation is 1. The molecule has 0 aliphatic carbocycles. The summed E-state index contributed by atoms with van der Waals surface area (Å²) in [5, 5.41) is 17.3. The van der Waals surface area contributed by atoms with Crippen LogP contribution in [-0.2, 0) is 18.4 Å². The van der Waals surface area contributed by atoms with Crippen LogP contribution in [0, 0.1) is 0 Å². The van der Waals surface area contributed by atoms with E-state index >= 15 is 0 Å². The molecule has 0 aliphatic rings. The second-order valence-electron chi connectivity index (χ2n) is 6.74. The Morgan fingerprint density at radius 3 is 2.61 bits per heavy atom. The SMILES string of the molecule is Cn1cc(-c2ccc(=O)n(Cc3cccc(-c4ncc(OCC(=O)O)cn4)c3)n2)cn1. The highest BCUT2D eigenvalue weighted by Crippen LogP contribution is 2.19. The number of benzene rings is 1. The minimum atomic E-state index is -1.08. The van der Waals surface area contributed by atoms with Crippen LogP contribution in [0.2, 0.25) is 0 Å². The molecule has 0 bridgehead atoms. The second-order valence-corrected chi connectivity index (χ2v) is 6.74. The maximum Gasteiger partial charge on any atom is 0.341 e. The molecule has 0 saturated carbocycles. The Bertz CT molecular complexity index is 1280. The Balaban J connectivity index is 1.55. The average Bonchev–Trinajstić information content (AvgIpc) is 3.21. The Morgan fingerprint density at radius 2 is 1.90 bits per heavy atom. The van der Waals surface area contributed by atoms with Gasteiger partial charge in [-0.1, -0.05) is 18.2 Å². The number of ether oxygens (including phenoxy) is 1. The van der Waals surface area contributed by atoms with E-state index < -0.39 is 12.6 Å². The van der Waals surface area contributed by atoms with Crippen molar-refractivity contribution in [3.05, 3.63) is 77.1 Å². The molecule has 3 heterocycles. The molecule has 10 nitrogen and oxygen atoms in total. The van der Waals surface area contributed by atoms with E-state index in [1.165, 1.54) is 23.1 Å². The topological polar surface area (TPSA) is 125 Å². The molecule has 31 heavy (non-hydrogen) atoms. The first-order chi connectivity index (χ1) is 15.0. The van der Waals surface area contributed by atoms with Crippen molar-refractivity contribution in [2.75, 3.05) is 6.61 Å². The summed E-state index contributed by atoms with van der Waals surface area (Å²) in [6.07, 6.45) is 6.36. The van der Waals surface area contributed by atoms with E-state index in [1.54, 1.807) is 16.9 Å².